The summed E-state index contributed by atoms with van der Waals surface area (Å²) in [6, 6.07) is 9.19. The van der Waals surface area contributed by atoms with Gasteiger partial charge >= 0.3 is 11.9 Å². The van der Waals surface area contributed by atoms with Gasteiger partial charge in [0, 0.05) is 6.92 Å². The van der Waals surface area contributed by atoms with Crippen LogP contribution in [0.4, 0.5) is 0 Å². The van der Waals surface area contributed by atoms with Crippen LogP contribution in [0.3, 0.4) is 0 Å². The molecule has 0 bridgehead atoms. The molecule has 1 atom stereocenters. The second-order valence-electron chi connectivity index (χ2n) is 3.25. The minimum Gasteiger partial charge on any atom is -0.481 e. The Labute approximate surface area is 101 Å². The van der Waals surface area contributed by atoms with Gasteiger partial charge in [-0.15, -0.1) is 0 Å². The molecule has 0 saturated carbocycles. The zero-order valence-electron chi connectivity index (χ0n) is 9.92. The molecule has 1 N–H and O–H groups in total. The molecule has 0 aliphatic carbocycles. The van der Waals surface area contributed by atoms with E-state index in [-0.39, 0.29) is 5.97 Å². The van der Waals surface area contributed by atoms with Crippen LogP contribution < -0.4 is 0 Å². The molecule has 4 heteroatoms. The van der Waals surface area contributed by atoms with E-state index in [0.29, 0.717) is 0 Å². The zero-order valence-corrected chi connectivity index (χ0v) is 9.92. The second kappa shape index (κ2) is 8.10. The Kier molecular flexibility index (Phi) is 7.10. The van der Waals surface area contributed by atoms with Crippen molar-refractivity contribution in [3.05, 3.63) is 48.7 Å². The van der Waals surface area contributed by atoms with Crippen molar-refractivity contribution in [1.29, 1.82) is 0 Å². The van der Waals surface area contributed by atoms with Crippen molar-refractivity contribution in [2.24, 2.45) is 0 Å². The lowest BCUT2D eigenvalue weighted by molar-refractivity contribution is -0.138. The number of aliphatic carboxylic acids is 1. The molecule has 1 rings (SSSR count). The Bertz CT molecular complexity index is 370. The fourth-order valence-corrected chi connectivity index (χ4v) is 1.00. The van der Waals surface area contributed by atoms with Gasteiger partial charge in [-0.3, -0.25) is 9.59 Å². The van der Waals surface area contributed by atoms with Gasteiger partial charge in [0.15, 0.2) is 0 Å². The number of carboxylic acid groups (broad SMARTS) is 1. The highest BCUT2D eigenvalue weighted by Crippen LogP contribution is 2.13. The summed E-state index contributed by atoms with van der Waals surface area (Å²) in [6.45, 7) is 6.16. The summed E-state index contributed by atoms with van der Waals surface area (Å²) in [4.78, 5) is 20.3. The number of hydrogen-bond acceptors (Lipinski definition) is 3. The van der Waals surface area contributed by atoms with E-state index in [0.717, 1.165) is 11.8 Å². The normalized spacial score (nSPS) is 10.5. The van der Waals surface area contributed by atoms with Crippen molar-refractivity contribution >= 4 is 11.9 Å². The Morgan fingerprint density at radius 2 is 1.88 bits per heavy atom. The fraction of sp³-hybridized carbons (Fsp3) is 0.231. The first-order valence-electron chi connectivity index (χ1n) is 5.05. The lowest BCUT2D eigenvalue weighted by atomic mass is 10.0. The van der Waals surface area contributed by atoms with Crippen molar-refractivity contribution in [1.82, 2.24) is 0 Å². The molecule has 0 spiro atoms. The molecule has 92 valence electrons. The summed E-state index contributed by atoms with van der Waals surface area (Å²) < 4.78 is 4.17. The van der Waals surface area contributed by atoms with Crippen molar-refractivity contribution < 1.29 is 19.4 Å². The fourth-order valence-electron chi connectivity index (χ4n) is 1.00. The SMILES string of the molecule is C=COC(C)=O.CC(C(=O)O)c1ccccc1. The maximum absolute atomic E-state index is 10.5. The smallest absolute Gasteiger partial charge is 0.310 e. The average molecular weight is 236 g/mol. The van der Waals surface area contributed by atoms with Crippen LogP contribution in [-0.2, 0) is 14.3 Å². The highest BCUT2D eigenvalue weighted by molar-refractivity contribution is 5.75. The zero-order chi connectivity index (χ0) is 13.3. The maximum Gasteiger partial charge on any atom is 0.310 e. The Hall–Kier alpha value is -2.10. The van der Waals surface area contributed by atoms with E-state index in [4.69, 9.17) is 5.11 Å². The Balaban J connectivity index is 0.000000366. The van der Waals surface area contributed by atoms with Gasteiger partial charge in [-0.1, -0.05) is 36.9 Å². The monoisotopic (exact) mass is 236 g/mol. The first-order valence-corrected chi connectivity index (χ1v) is 5.05. The third kappa shape index (κ3) is 6.89. The van der Waals surface area contributed by atoms with Crippen LogP contribution in [0.25, 0.3) is 0 Å². The van der Waals surface area contributed by atoms with Gasteiger partial charge in [-0.05, 0) is 12.5 Å². The van der Waals surface area contributed by atoms with E-state index >= 15 is 0 Å². The summed E-state index contributed by atoms with van der Waals surface area (Å²) in [5.41, 5.74) is 0.847. The van der Waals surface area contributed by atoms with Gasteiger partial charge in [-0.2, -0.15) is 0 Å². The molecule has 1 aromatic rings. The Morgan fingerprint density at radius 3 is 2.18 bits per heavy atom. The maximum atomic E-state index is 10.5. The minimum atomic E-state index is -0.781. The van der Waals surface area contributed by atoms with Crippen LogP contribution >= 0.6 is 0 Å². The van der Waals surface area contributed by atoms with Crippen LogP contribution in [0.1, 0.15) is 25.3 Å². The first-order chi connectivity index (χ1) is 7.99. The van der Waals surface area contributed by atoms with Crippen molar-refractivity contribution in [2.75, 3.05) is 0 Å². The van der Waals surface area contributed by atoms with Crippen LogP contribution in [0.5, 0.6) is 0 Å². The van der Waals surface area contributed by atoms with Gasteiger partial charge in [0.25, 0.3) is 0 Å². The molecule has 0 aliphatic rings. The third-order valence-electron chi connectivity index (χ3n) is 1.92. The quantitative estimate of drug-likeness (QED) is 0.647. The molecule has 0 fully saturated rings. The first kappa shape index (κ1) is 14.9. The van der Waals surface area contributed by atoms with Gasteiger partial charge < -0.3 is 9.84 Å². The number of carbonyl (C=O) groups excluding carboxylic acids is 1. The lowest BCUT2D eigenvalue weighted by Crippen LogP contribution is -2.06. The Morgan fingerprint density at radius 1 is 1.35 bits per heavy atom. The molecule has 1 unspecified atom stereocenters. The summed E-state index contributed by atoms with van der Waals surface area (Å²) in [6.07, 6.45) is 1.10. The van der Waals surface area contributed by atoms with E-state index in [9.17, 15) is 9.59 Å². The molecule has 0 aliphatic heterocycles. The molecule has 0 aromatic heterocycles. The third-order valence-corrected chi connectivity index (χ3v) is 1.92. The predicted octanol–water partition coefficient (Wildman–Crippen LogP) is 2.57. The van der Waals surface area contributed by atoms with Gasteiger partial charge in [0.1, 0.15) is 0 Å². The lowest BCUT2D eigenvalue weighted by Gasteiger charge is -2.04. The summed E-state index contributed by atoms with van der Waals surface area (Å²) in [5, 5.41) is 8.64. The number of carbonyl (C=O) groups is 2. The summed E-state index contributed by atoms with van der Waals surface area (Å²) >= 11 is 0. The van der Waals surface area contributed by atoms with E-state index in [2.05, 4.69) is 11.3 Å². The van der Waals surface area contributed by atoms with Crippen molar-refractivity contribution in [3.63, 3.8) is 0 Å². The number of hydrogen-bond donors (Lipinski definition) is 1. The van der Waals surface area contributed by atoms with Crippen LogP contribution in [-0.4, -0.2) is 17.0 Å². The van der Waals surface area contributed by atoms with E-state index in [1.54, 1.807) is 6.92 Å². The van der Waals surface area contributed by atoms with E-state index in [1.807, 2.05) is 30.3 Å². The van der Waals surface area contributed by atoms with Gasteiger partial charge in [-0.25, -0.2) is 0 Å². The number of carboxylic acids is 1. The van der Waals surface area contributed by atoms with Crippen molar-refractivity contribution in [3.8, 4) is 0 Å². The molecular weight excluding hydrogens is 220 g/mol. The van der Waals surface area contributed by atoms with E-state index in [1.165, 1.54) is 6.92 Å². The largest absolute Gasteiger partial charge is 0.481 e. The number of ether oxygens (including phenoxy) is 1. The van der Waals surface area contributed by atoms with E-state index < -0.39 is 11.9 Å². The molecular formula is C13H16O4. The molecule has 0 radical (unpaired) electrons. The summed E-state index contributed by atoms with van der Waals surface area (Å²) in [5.74, 6) is -1.52. The van der Waals surface area contributed by atoms with Crippen molar-refractivity contribution in [2.45, 2.75) is 19.8 Å². The number of esters is 1. The average Bonchev–Trinajstić information content (AvgIpc) is 2.29. The second-order valence-corrected chi connectivity index (χ2v) is 3.25. The standard InChI is InChI=1S/C9H10O2.C4H6O2/c1-7(9(10)11)8-5-3-2-4-6-8;1-3-6-4(2)5/h2-7H,1H3,(H,10,11);3H,1H2,2H3. The molecule has 0 saturated heterocycles. The molecule has 4 nitrogen and oxygen atoms in total. The molecule has 0 heterocycles. The molecule has 17 heavy (non-hydrogen) atoms. The molecule has 1 aromatic carbocycles. The van der Waals surface area contributed by atoms with Crippen LogP contribution in [0.15, 0.2) is 43.2 Å². The number of benzene rings is 1. The van der Waals surface area contributed by atoms with Crippen LogP contribution in [0.2, 0.25) is 0 Å². The summed E-state index contributed by atoms with van der Waals surface area (Å²) in [7, 11) is 0. The van der Waals surface area contributed by atoms with Gasteiger partial charge in [0.2, 0.25) is 0 Å². The molecule has 0 amide bonds. The minimum absolute atomic E-state index is 0.329. The van der Waals surface area contributed by atoms with Gasteiger partial charge in [0.05, 0.1) is 12.2 Å². The highest BCUT2D eigenvalue weighted by Gasteiger charge is 2.11. The topological polar surface area (TPSA) is 63.6 Å². The highest BCUT2D eigenvalue weighted by atomic mass is 16.5. The number of rotatable bonds is 3. The predicted molar refractivity (Wildman–Crippen MR) is 64.5 cm³/mol. The van der Waals surface area contributed by atoms with Crippen LogP contribution in [0, 0.1) is 0 Å².